The van der Waals surface area contributed by atoms with E-state index in [1.807, 2.05) is 6.20 Å². The Kier molecular flexibility index (Phi) is 5.18. The monoisotopic (exact) mass is 285 g/mol. The summed E-state index contributed by atoms with van der Waals surface area (Å²) in [5.41, 5.74) is 1.32. The van der Waals surface area contributed by atoms with Gasteiger partial charge in [0, 0.05) is 24.4 Å². The van der Waals surface area contributed by atoms with Crippen molar-refractivity contribution >= 4 is 0 Å². The second kappa shape index (κ2) is 6.90. The molecule has 1 unspecified atom stereocenters. The molecule has 0 saturated carbocycles. The molecule has 21 heavy (non-hydrogen) atoms. The van der Waals surface area contributed by atoms with Crippen LogP contribution < -0.4 is 5.32 Å². The van der Waals surface area contributed by atoms with E-state index >= 15 is 0 Å². The fraction of sp³-hybridized carbons (Fsp3) is 0.500. The summed E-state index contributed by atoms with van der Waals surface area (Å²) in [6, 6.07) is 10.9. The molecule has 0 aliphatic heterocycles. The molecule has 0 saturated heterocycles. The van der Waals surface area contributed by atoms with Crippen LogP contribution in [0.5, 0.6) is 0 Å². The molecule has 0 spiro atoms. The van der Waals surface area contributed by atoms with E-state index in [0.717, 1.165) is 25.3 Å². The SMILES string of the molecule is CCCn1ccnc1C(NCC)C(C)(C)c1ccccc1. The molecule has 0 aliphatic carbocycles. The van der Waals surface area contributed by atoms with E-state index in [-0.39, 0.29) is 11.5 Å². The summed E-state index contributed by atoms with van der Waals surface area (Å²) in [6.07, 6.45) is 5.12. The maximum Gasteiger partial charge on any atom is 0.126 e. The Morgan fingerprint density at radius 2 is 1.90 bits per heavy atom. The molecule has 114 valence electrons. The summed E-state index contributed by atoms with van der Waals surface area (Å²) in [5.74, 6) is 1.13. The van der Waals surface area contributed by atoms with Crippen LogP contribution in [0.15, 0.2) is 42.7 Å². The number of rotatable bonds is 7. The van der Waals surface area contributed by atoms with Crippen LogP contribution in [0.3, 0.4) is 0 Å². The second-order valence-electron chi connectivity index (χ2n) is 6.06. The molecule has 3 heteroatoms. The largest absolute Gasteiger partial charge is 0.334 e. The van der Waals surface area contributed by atoms with E-state index < -0.39 is 0 Å². The number of hydrogen-bond acceptors (Lipinski definition) is 2. The van der Waals surface area contributed by atoms with E-state index in [1.165, 1.54) is 5.56 Å². The van der Waals surface area contributed by atoms with Gasteiger partial charge in [0.15, 0.2) is 0 Å². The van der Waals surface area contributed by atoms with Crippen molar-refractivity contribution < 1.29 is 0 Å². The highest BCUT2D eigenvalue weighted by Gasteiger charge is 2.34. The maximum absolute atomic E-state index is 4.65. The quantitative estimate of drug-likeness (QED) is 0.835. The lowest BCUT2D eigenvalue weighted by Crippen LogP contribution is -2.39. The third kappa shape index (κ3) is 3.35. The molecule has 3 nitrogen and oxygen atoms in total. The molecule has 0 radical (unpaired) electrons. The predicted octanol–water partition coefficient (Wildman–Crippen LogP) is 3.92. The van der Waals surface area contributed by atoms with Crippen molar-refractivity contribution in [3.05, 3.63) is 54.1 Å². The third-order valence-electron chi connectivity index (χ3n) is 4.12. The van der Waals surface area contributed by atoms with Gasteiger partial charge in [-0.05, 0) is 18.5 Å². The third-order valence-corrected chi connectivity index (χ3v) is 4.12. The second-order valence-corrected chi connectivity index (χ2v) is 6.06. The molecule has 2 aromatic rings. The van der Waals surface area contributed by atoms with Gasteiger partial charge < -0.3 is 9.88 Å². The highest BCUT2D eigenvalue weighted by molar-refractivity contribution is 5.28. The smallest absolute Gasteiger partial charge is 0.126 e. The molecule has 1 atom stereocenters. The minimum atomic E-state index is -0.0197. The number of likely N-dealkylation sites (N-methyl/N-ethyl adjacent to an activating group) is 1. The first kappa shape index (κ1) is 15.8. The molecule has 0 aliphatic rings. The van der Waals surface area contributed by atoms with Crippen LogP contribution in [0.2, 0.25) is 0 Å². The molecule has 0 bridgehead atoms. The zero-order chi connectivity index (χ0) is 15.3. The van der Waals surface area contributed by atoms with Crippen LogP contribution in [0.25, 0.3) is 0 Å². The zero-order valence-corrected chi connectivity index (χ0v) is 13.6. The fourth-order valence-electron chi connectivity index (χ4n) is 2.92. The van der Waals surface area contributed by atoms with Gasteiger partial charge in [0.1, 0.15) is 5.82 Å². The average molecular weight is 285 g/mol. The first-order valence-corrected chi connectivity index (χ1v) is 7.91. The van der Waals surface area contributed by atoms with E-state index in [1.54, 1.807) is 0 Å². The Morgan fingerprint density at radius 3 is 2.52 bits per heavy atom. The first-order valence-electron chi connectivity index (χ1n) is 7.91. The molecule has 1 heterocycles. The van der Waals surface area contributed by atoms with Crippen molar-refractivity contribution in [1.82, 2.24) is 14.9 Å². The van der Waals surface area contributed by atoms with Crippen molar-refractivity contribution in [3.63, 3.8) is 0 Å². The number of aromatic nitrogens is 2. The van der Waals surface area contributed by atoms with Crippen molar-refractivity contribution in [2.75, 3.05) is 6.54 Å². The predicted molar refractivity (Wildman–Crippen MR) is 88.4 cm³/mol. The van der Waals surface area contributed by atoms with Crippen LogP contribution in [-0.4, -0.2) is 16.1 Å². The van der Waals surface area contributed by atoms with Gasteiger partial charge in [0.2, 0.25) is 0 Å². The highest BCUT2D eigenvalue weighted by atomic mass is 15.1. The minimum Gasteiger partial charge on any atom is -0.334 e. The number of imidazole rings is 1. The number of hydrogen-bond donors (Lipinski definition) is 1. The van der Waals surface area contributed by atoms with Gasteiger partial charge >= 0.3 is 0 Å². The molecule has 1 aromatic carbocycles. The Bertz CT molecular complexity index is 543. The van der Waals surface area contributed by atoms with E-state index in [2.05, 4.69) is 79.1 Å². The molecule has 1 aromatic heterocycles. The van der Waals surface area contributed by atoms with E-state index in [0.29, 0.717) is 0 Å². The molecule has 2 rings (SSSR count). The molecular weight excluding hydrogens is 258 g/mol. The number of nitrogens with zero attached hydrogens (tertiary/aromatic N) is 2. The van der Waals surface area contributed by atoms with Crippen molar-refractivity contribution in [2.24, 2.45) is 0 Å². The van der Waals surface area contributed by atoms with Crippen LogP contribution in [0, 0.1) is 0 Å². The normalized spacial score (nSPS) is 13.3. The van der Waals surface area contributed by atoms with Gasteiger partial charge in [-0.25, -0.2) is 4.98 Å². The van der Waals surface area contributed by atoms with Crippen molar-refractivity contribution in [3.8, 4) is 0 Å². The van der Waals surface area contributed by atoms with Gasteiger partial charge in [-0.3, -0.25) is 0 Å². The van der Waals surface area contributed by atoms with Crippen LogP contribution >= 0.6 is 0 Å². The molecule has 1 N–H and O–H groups in total. The van der Waals surface area contributed by atoms with E-state index in [4.69, 9.17) is 0 Å². The summed E-state index contributed by atoms with van der Waals surface area (Å²) in [6.45, 7) is 10.9. The Labute approximate surface area is 128 Å². The van der Waals surface area contributed by atoms with Crippen LogP contribution in [0.1, 0.15) is 51.5 Å². The van der Waals surface area contributed by atoms with Gasteiger partial charge in [-0.15, -0.1) is 0 Å². The lowest BCUT2D eigenvalue weighted by molar-refractivity contribution is 0.329. The maximum atomic E-state index is 4.65. The van der Waals surface area contributed by atoms with E-state index in [9.17, 15) is 0 Å². The summed E-state index contributed by atoms with van der Waals surface area (Å²) in [7, 11) is 0. The Balaban J connectivity index is 2.40. The number of aryl methyl sites for hydroxylation is 1. The summed E-state index contributed by atoms with van der Waals surface area (Å²) < 4.78 is 2.28. The topological polar surface area (TPSA) is 29.9 Å². The molecule has 0 fully saturated rings. The zero-order valence-electron chi connectivity index (χ0n) is 13.6. The van der Waals surface area contributed by atoms with Gasteiger partial charge in [0.25, 0.3) is 0 Å². The Morgan fingerprint density at radius 1 is 1.19 bits per heavy atom. The van der Waals surface area contributed by atoms with Gasteiger partial charge in [-0.2, -0.15) is 0 Å². The van der Waals surface area contributed by atoms with Crippen LogP contribution in [-0.2, 0) is 12.0 Å². The fourth-order valence-corrected chi connectivity index (χ4v) is 2.92. The molecular formula is C18H27N3. The highest BCUT2D eigenvalue weighted by Crippen LogP contribution is 2.36. The van der Waals surface area contributed by atoms with Crippen molar-refractivity contribution in [1.29, 1.82) is 0 Å². The average Bonchev–Trinajstić information content (AvgIpc) is 2.94. The summed E-state index contributed by atoms with van der Waals surface area (Å²) in [4.78, 5) is 4.65. The first-order chi connectivity index (χ1) is 10.1. The lowest BCUT2D eigenvalue weighted by Gasteiger charge is -2.35. The lowest BCUT2D eigenvalue weighted by atomic mass is 9.77. The van der Waals surface area contributed by atoms with Crippen molar-refractivity contribution in [2.45, 2.75) is 52.1 Å². The van der Waals surface area contributed by atoms with Gasteiger partial charge in [0.05, 0.1) is 6.04 Å². The van der Waals surface area contributed by atoms with Gasteiger partial charge in [-0.1, -0.05) is 58.0 Å². The Hall–Kier alpha value is -1.61. The number of nitrogens with one attached hydrogen (secondary N) is 1. The molecule has 0 amide bonds. The minimum absolute atomic E-state index is 0.0197. The standard InChI is InChI=1S/C18H27N3/c1-5-13-21-14-12-20-17(21)16(19-6-2)18(3,4)15-10-8-7-9-11-15/h7-12,14,16,19H,5-6,13H2,1-4H3. The number of benzene rings is 1. The van der Waals surface area contributed by atoms with Crippen LogP contribution in [0.4, 0.5) is 0 Å². The summed E-state index contributed by atoms with van der Waals surface area (Å²) in [5, 5.41) is 3.64. The summed E-state index contributed by atoms with van der Waals surface area (Å²) >= 11 is 0.